The van der Waals surface area contributed by atoms with Crippen LogP contribution < -0.4 is 10.1 Å². The van der Waals surface area contributed by atoms with Gasteiger partial charge in [0.15, 0.2) is 0 Å². The van der Waals surface area contributed by atoms with Crippen molar-refractivity contribution in [3.8, 4) is 28.1 Å². The first-order chi connectivity index (χ1) is 16.1. The average Bonchev–Trinajstić information content (AvgIpc) is 3.56. The normalized spacial score (nSPS) is 13.3. The number of carbonyl (C=O) groups is 1. The van der Waals surface area contributed by atoms with Gasteiger partial charge in [-0.1, -0.05) is 35.9 Å². The topological polar surface area (TPSA) is 55.6 Å². The summed E-state index contributed by atoms with van der Waals surface area (Å²) in [7, 11) is 0. The Morgan fingerprint density at radius 2 is 1.88 bits per heavy atom. The van der Waals surface area contributed by atoms with Crippen LogP contribution in [0.2, 0.25) is 5.02 Å². The Kier molecular flexibility index (Phi) is 6.05. The zero-order valence-corrected chi connectivity index (χ0v) is 19.3. The van der Waals surface area contributed by atoms with Gasteiger partial charge in [-0.05, 0) is 73.7 Å². The molecule has 0 aliphatic heterocycles. The van der Waals surface area contributed by atoms with Gasteiger partial charge in [0.1, 0.15) is 11.4 Å². The van der Waals surface area contributed by atoms with Gasteiger partial charge < -0.3 is 14.5 Å². The van der Waals surface area contributed by atoms with Crippen molar-refractivity contribution in [2.45, 2.75) is 38.6 Å². The van der Waals surface area contributed by atoms with Crippen LogP contribution in [0, 0.1) is 0 Å². The number of hydrogen-bond donors (Lipinski definition) is 1. The van der Waals surface area contributed by atoms with Gasteiger partial charge in [0.25, 0.3) is 0 Å². The average molecular weight is 460 g/mol. The number of nitrogens with zero attached hydrogens (tertiary/aromatic N) is 2. The predicted octanol–water partition coefficient (Wildman–Crippen LogP) is 5.93. The van der Waals surface area contributed by atoms with Gasteiger partial charge >= 0.3 is 0 Å². The van der Waals surface area contributed by atoms with Crippen molar-refractivity contribution in [2.24, 2.45) is 0 Å². The number of halogens is 1. The van der Waals surface area contributed by atoms with E-state index < -0.39 is 0 Å². The smallest absolute Gasteiger partial charge is 0.220 e. The van der Waals surface area contributed by atoms with Gasteiger partial charge in [0.2, 0.25) is 5.91 Å². The molecule has 2 aromatic heterocycles. The molecule has 1 N–H and O–H groups in total. The molecule has 0 atom stereocenters. The van der Waals surface area contributed by atoms with Crippen LogP contribution in [0.5, 0.6) is 5.75 Å². The molecule has 33 heavy (non-hydrogen) atoms. The van der Waals surface area contributed by atoms with Crippen LogP contribution in [-0.2, 0) is 11.2 Å². The molecular weight excluding hydrogens is 434 g/mol. The quantitative estimate of drug-likeness (QED) is 0.355. The summed E-state index contributed by atoms with van der Waals surface area (Å²) in [5.74, 6) is 0.939. The Balaban J connectivity index is 1.54. The Labute approximate surface area is 198 Å². The lowest BCUT2D eigenvalue weighted by molar-refractivity contribution is -0.121. The molecule has 168 valence electrons. The number of ether oxygens (including phenoxy) is 1. The zero-order chi connectivity index (χ0) is 22.8. The van der Waals surface area contributed by atoms with Crippen molar-refractivity contribution in [1.82, 2.24) is 14.7 Å². The number of rotatable bonds is 8. The minimum absolute atomic E-state index is 0.0927. The molecule has 1 saturated carbocycles. The summed E-state index contributed by atoms with van der Waals surface area (Å²) in [6.45, 7) is 2.61. The first-order valence-electron chi connectivity index (χ1n) is 11.4. The van der Waals surface area contributed by atoms with E-state index in [9.17, 15) is 4.79 Å². The Bertz CT molecular complexity index is 1290. The van der Waals surface area contributed by atoms with Gasteiger partial charge in [0.05, 0.1) is 18.0 Å². The fraction of sp³-hybridized carbons (Fsp3) is 0.259. The standard InChI is InChI=1S/C27H26ClN3O2/c1-2-33-23-5-3-4-19(16-23)20-8-14-25-30-27(18-6-9-21(28)10-7-18)24(31(25)17-20)13-15-26(32)29-22-11-12-22/h3-10,14,16-17,22H,2,11-13,15H2,1H3,(H,29,32). The lowest BCUT2D eigenvalue weighted by atomic mass is 10.1. The van der Waals surface area contributed by atoms with Gasteiger partial charge in [-0.2, -0.15) is 0 Å². The summed E-state index contributed by atoms with van der Waals surface area (Å²) >= 11 is 6.11. The lowest BCUT2D eigenvalue weighted by Crippen LogP contribution is -2.25. The Morgan fingerprint density at radius 1 is 1.09 bits per heavy atom. The predicted molar refractivity (Wildman–Crippen MR) is 132 cm³/mol. The van der Waals surface area contributed by atoms with Gasteiger partial charge in [-0.3, -0.25) is 4.79 Å². The molecule has 0 saturated heterocycles. The number of pyridine rings is 1. The lowest BCUT2D eigenvalue weighted by Gasteiger charge is -2.09. The van der Waals surface area contributed by atoms with Crippen molar-refractivity contribution >= 4 is 23.2 Å². The third-order valence-corrected chi connectivity index (χ3v) is 6.10. The first kappa shape index (κ1) is 21.5. The van der Waals surface area contributed by atoms with Crippen LogP contribution in [0.25, 0.3) is 28.0 Å². The van der Waals surface area contributed by atoms with Crippen LogP contribution in [0.3, 0.4) is 0 Å². The number of carbonyl (C=O) groups excluding carboxylic acids is 1. The van der Waals surface area contributed by atoms with E-state index in [1.807, 2.05) is 55.5 Å². The van der Waals surface area contributed by atoms with E-state index in [2.05, 4.69) is 28.0 Å². The molecule has 1 aliphatic rings. The molecular formula is C27H26ClN3O2. The molecule has 5 nitrogen and oxygen atoms in total. The molecule has 4 aromatic rings. The highest BCUT2D eigenvalue weighted by Crippen LogP contribution is 2.30. The van der Waals surface area contributed by atoms with Gasteiger partial charge in [-0.15, -0.1) is 0 Å². The summed E-state index contributed by atoms with van der Waals surface area (Å²) in [5.41, 5.74) is 5.87. The number of hydrogen-bond acceptors (Lipinski definition) is 3. The summed E-state index contributed by atoms with van der Waals surface area (Å²) in [6, 6.07) is 20.2. The maximum absolute atomic E-state index is 12.4. The Morgan fingerprint density at radius 3 is 2.64 bits per heavy atom. The SMILES string of the molecule is CCOc1cccc(-c2ccc3nc(-c4ccc(Cl)cc4)c(CCC(=O)NC4CC4)n3c2)c1. The second-order valence-electron chi connectivity index (χ2n) is 8.36. The second kappa shape index (κ2) is 9.28. The molecule has 1 aliphatic carbocycles. The van der Waals surface area contributed by atoms with Crippen molar-refractivity contribution in [1.29, 1.82) is 0 Å². The number of aromatic nitrogens is 2. The minimum Gasteiger partial charge on any atom is -0.494 e. The molecule has 2 aromatic carbocycles. The summed E-state index contributed by atoms with van der Waals surface area (Å²) in [5, 5.41) is 3.77. The van der Waals surface area contributed by atoms with E-state index in [1.165, 1.54) is 0 Å². The largest absolute Gasteiger partial charge is 0.494 e. The Hall–Kier alpha value is -3.31. The monoisotopic (exact) mass is 459 g/mol. The highest BCUT2D eigenvalue weighted by Gasteiger charge is 2.23. The molecule has 1 fully saturated rings. The highest BCUT2D eigenvalue weighted by atomic mass is 35.5. The van der Waals surface area contributed by atoms with Crippen LogP contribution in [0.15, 0.2) is 66.9 Å². The number of nitrogens with one attached hydrogen (secondary N) is 1. The first-order valence-corrected chi connectivity index (χ1v) is 11.8. The molecule has 0 bridgehead atoms. The van der Waals surface area contributed by atoms with E-state index in [1.54, 1.807) is 0 Å². The van der Waals surface area contributed by atoms with E-state index >= 15 is 0 Å². The van der Waals surface area contributed by atoms with Gasteiger partial charge in [0, 0.05) is 29.2 Å². The van der Waals surface area contributed by atoms with Crippen LogP contribution >= 0.6 is 11.6 Å². The van der Waals surface area contributed by atoms with Crippen LogP contribution in [0.4, 0.5) is 0 Å². The highest BCUT2D eigenvalue weighted by molar-refractivity contribution is 6.30. The van der Waals surface area contributed by atoms with Crippen LogP contribution in [-0.4, -0.2) is 27.9 Å². The van der Waals surface area contributed by atoms with E-state index in [-0.39, 0.29) is 5.91 Å². The summed E-state index contributed by atoms with van der Waals surface area (Å²) in [4.78, 5) is 17.3. The number of imidazole rings is 1. The van der Waals surface area contributed by atoms with Crippen molar-refractivity contribution in [2.75, 3.05) is 6.61 Å². The molecule has 5 rings (SSSR count). The third kappa shape index (κ3) is 4.88. The van der Waals surface area contributed by atoms with E-state index in [4.69, 9.17) is 21.3 Å². The zero-order valence-electron chi connectivity index (χ0n) is 18.6. The van der Waals surface area contributed by atoms with Crippen molar-refractivity contribution in [3.63, 3.8) is 0 Å². The summed E-state index contributed by atoms with van der Waals surface area (Å²) in [6.07, 6.45) is 5.29. The molecule has 0 spiro atoms. The third-order valence-electron chi connectivity index (χ3n) is 5.84. The van der Waals surface area contributed by atoms with E-state index in [0.717, 1.165) is 52.3 Å². The molecule has 2 heterocycles. The molecule has 6 heteroatoms. The maximum atomic E-state index is 12.4. The maximum Gasteiger partial charge on any atom is 0.220 e. The summed E-state index contributed by atoms with van der Waals surface area (Å²) < 4.78 is 7.79. The fourth-order valence-corrected chi connectivity index (χ4v) is 4.16. The fourth-order valence-electron chi connectivity index (χ4n) is 4.03. The number of amides is 1. The molecule has 1 amide bonds. The molecule has 0 unspecified atom stereocenters. The van der Waals surface area contributed by atoms with Gasteiger partial charge in [-0.25, -0.2) is 4.98 Å². The minimum atomic E-state index is 0.0927. The van der Waals surface area contributed by atoms with Crippen LogP contribution in [0.1, 0.15) is 31.9 Å². The van der Waals surface area contributed by atoms with Crippen molar-refractivity contribution < 1.29 is 9.53 Å². The number of aryl methyl sites for hydroxylation is 1. The number of fused-ring (bicyclic) bond motifs is 1. The number of benzene rings is 2. The van der Waals surface area contributed by atoms with Crippen molar-refractivity contribution in [3.05, 3.63) is 77.6 Å². The molecule has 0 radical (unpaired) electrons. The second-order valence-corrected chi connectivity index (χ2v) is 8.80. The van der Waals surface area contributed by atoms with E-state index in [0.29, 0.717) is 30.5 Å².